The number of fused-ring (bicyclic) bond motifs is 3. The number of quaternary nitrogens is 1. The van der Waals surface area contributed by atoms with E-state index in [0.717, 1.165) is 24.0 Å². The quantitative estimate of drug-likeness (QED) is 0.355. The molecule has 0 unspecified atom stereocenters. The average molecular weight is 572 g/mol. The molecule has 0 aliphatic carbocycles. The van der Waals surface area contributed by atoms with E-state index in [-0.39, 0.29) is 18.0 Å². The molecule has 0 bridgehead atoms. The fourth-order valence-corrected chi connectivity index (χ4v) is 5.45. The van der Waals surface area contributed by atoms with Crippen molar-refractivity contribution in [1.29, 1.82) is 0 Å². The molecule has 1 fully saturated rings. The zero-order valence-corrected chi connectivity index (χ0v) is 23.3. The van der Waals surface area contributed by atoms with Crippen molar-refractivity contribution >= 4 is 34.9 Å². The normalized spacial score (nSPS) is 14.9. The van der Waals surface area contributed by atoms with Gasteiger partial charge in [0.05, 0.1) is 36.7 Å². The van der Waals surface area contributed by atoms with Crippen LogP contribution in [0.2, 0.25) is 5.02 Å². The van der Waals surface area contributed by atoms with Crippen LogP contribution in [0.1, 0.15) is 39.9 Å². The minimum atomic E-state index is -0.446. The number of methoxy groups -OCH3 is 1. The van der Waals surface area contributed by atoms with E-state index in [9.17, 15) is 4.79 Å². The third-order valence-corrected chi connectivity index (χ3v) is 7.70. The van der Waals surface area contributed by atoms with Gasteiger partial charge in [0, 0.05) is 65.1 Å². The number of aliphatic imine (C=N–C) groups is 1. The number of nitrogens with zero attached hydrogens (tertiary/aromatic N) is 4. The number of halogens is 2. The van der Waals surface area contributed by atoms with E-state index in [1.165, 1.54) is 13.2 Å². The summed E-state index contributed by atoms with van der Waals surface area (Å²) in [4.78, 5) is 29.1. The first-order valence-corrected chi connectivity index (χ1v) is 13.8. The van der Waals surface area contributed by atoms with Gasteiger partial charge in [-0.15, -0.1) is 0 Å². The molecule has 41 heavy (non-hydrogen) atoms. The lowest BCUT2D eigenvalue weighted by Gasteiger charge is -2.28. The first-order chi connectivity index (χ1) is 19.9. The number of hydrogen-bond acceptors (Lipinski definition) is 6. The summed E-state index contributed by atoms with van der Waals surface area (Å²) in [5.41, 5.74) is 8.93. The van der Waals surface area contributed by atoms with Crippen LogP contribution in [0.5, 0.6) is 5.75 Å². The molecule has 2 aliphatic rings. The number of ether oxygens (including phenoxy) is 1. The number of carbonyl (C=O) groups is 1. The van der Waals surface area contributed by atoms with E-state index in [2.05, 4.69) is 16.0 Å². The molecule has 3 heterocycles. The Kier molecular flexibility index (Phi) is 7.38. The smallest absolute Gasteiger partial charge is 0.253 e. The summed E-state index contributed by atoms with van der Waals surface area (Å²) in [5, 5.41) is 3.74. The molecule has 4 aromatic rings. The topological polar surface area (TPSA) is 107 Å². The van der Waals surface area contributed by atoms with Gasteiger partial charge in [-0.3, -0.25) is 9.79 Å². The van der Waals surface area contributed by atoms with Crippen LogP contribution in [0.25, 0.3) is 11.3 Å². The van der Waals surface area contributed by atoms with Crippen LogP contribution in [0.15, 0.2) is 71.9 Å². The standard InChI is InChI=1S/C31H28ClFN6O2/c1-41-26-7-3-6-25(33)27(26)29-24-15-20(32)8-9-23(24)28-19(16-35-29)17-36-31(38-28)37-22-5-2-4-18(14-22)30(40)39-12-10-21(34)11-13-39/h2-9,14-15,17,21H,10-13,16,34H2,1H3,(H,36,37,38)/p+1. The second-order valence-corrected chi connectivity index (χ2v) is 10.6. The molecule has 0 spiro atoms. The van der Waals surface area contributed by atoms with E-state index in [0.29, 0.717) is 64.1 Å². The van der Waals surface area contributed by atoms with Crippen molar-refractivity contribution < 1.29 is 19.7 Å². The Bertz CT molecular complexity index is 1670. The number of likely N-dealkylation sites (tertiary alicyclic amines) is 1. The first kappa shape index (κ1) is 26.9. The molecule has 3 aromatic carbocycles. The molecule has 8 nitrogen and oxygen atoms in total. The molecule has 0 atom stereocenters. The Morgan fingerprint density at radius 2 is 1.90 bits per heavy atom. The summed E-state index contributed by atoms with van der Waals surface area (Å²) in [7, 11) is 1.50. The number of benzene rings is 3. The number of aromatic nitrogens is 2. The summed E-state index contributed by atoms with van der Waals surface area (Å²) in [5.74, 6) is 0.291. The molecule has 10 heteroatoms. The molecule has 6 rings (SSSR count). The number of hydrogen-bond donors (Lipinski definition) is 2. The summed E-state index contributed by atoms with van der Waals surface area (Å²) < 4.78 is 20.6. The molecular formula is C31H29ClFN6O2+. The molecule has 1 saturated heterocycles. The minimum absolute atomic E-state index is 0.00227. The zero-order chi connectivity index (χ0) is 28.5. The third kappa shape index (κ3) is 5.38. The van der Waals surface area contributed by atoms with Crippen molar-refractivity contribution in [3.05, 3.63) is 100.0 Å². The van der Waals surface area contributed by atoms with Crippen molar-refractivity contribution in [2.45, 2.75) is 25.4 Å². The van der Waals surface area contributed by atoms with Crippen molar-refractivity contribution in [1.82, 2.24) is 14.9 Å². The maximum atomic E-state index is 15.1. The molecule has 0 saturated carbocycles. The largest absolute Gasteiger partial charge is 0.496 e. The highest BCUT2D eigenvalue weighted by atomic mass is 35.5. The van der Waals surface area contributed by atoms with Gasteiger partial charge in [0.1, 0.15) is 11.6 Å². The van der Waals surface area contributed by atoms with Crippen molar-refractivity contribution in [3.8, 4) is 17.0 Å². The van der Waals surface area contributed by atoms with Gasteiger partial charge in [0.25, 0.3) is 5.91 Å². The summed E-state index contributed by atoms with van der Waals surface area (Å²) in [6, 6.07) is 17.8. The highest BCUT2D eigenvalue weighted by Gasteiger charge is 2.26. The Morgan fingerprint density at radius 1 is 1.10 bits per heavy atom. The van der Waals surface area contributed by atoms with E-state index >= 15 is 4.39 Å². The molecule has 2 aliphatic heterocycles. The van der Waals surface area contributed by atoms with Gasteiger partial charge < -0.3 is 20.7 Å². The summed E-state index contributed by atoms with van der Waals surface area (Å²) in [6.07, 6.45) is 3.54. The van der Waals surface area contributed by atoms with Crippen LogP contribution in [-0.4, -0.2) is 52.7 Å². The van der Waals surface area contributed by atoms with Gasteiger partial charge in [0.15, 0.2) is 0 Å². The van der Waals surface area contributed by atoms with E-state index in [1.807, 2.05) is 35.2 Å². The molecule has 0 radical (unpaired) electrons. The number of rotatable bonds is 5. The molecule has 1 aromatic heterocycles. The van der Waals surface area contributed by atoms with Gasteiger partial charge in [-0.1, -0.05) is 29.8 Å². The van der Waals surface area contributed by atoms with Crippen molar-refractivity contribution in [2.24, 2.45) is 4.99 Å². The maximum Gasteiger partial charge on any atom is 0.253 e. The Hall–Kier alpha value is -4.34. The fourth-order valence-electron chi connectivity index (χ4n) is 5.28. The molecule has 208 valence electrons. The Balaban J connectivity index is 1.34. The minimum Gasteiger partial charge on any atom is -0.496 e. The lowest BCUT2D eigenvalue weighted by molar-refractivity contribution is -0.425. The Morgan fingerprint density at radius 3 is 2.71 bits per heavy atom. The van der Waals surface area contributed by atoms with Crippen LogP contribution >= 0.6 is 11.6 Å². The van der Waals surface area contributed by atoms with Gasteiger partial charge in [-0.2, -0.15) is 0 Å². The number of nitrogens with one attached hydrogen (secondary N) is 1. The fraction of sp³-hybridized carbons (Fsp3) is 0.226. The number of piperidine rings is 1. The predicted molar refractivity (Wildman–Crippen MR) is 156 cm³/mol. The van der Waals surface area contributed by atoms with E-state index in [4.69, 9.17) is 26.3 Å². The first-order valence-electron chi connectivity index (χ1n) is 13.4. The lowest BCUT2D eigenvalue weighted by atomic mass is 9.94. The summed E-state index contributed by atoms with van der Waals surface area (Å²) >= 11 is 6.41. The second kappa shape index (κ2) is 11.3. The lowest BCUT2D eigenvalue weighted by Crippen LogP contribution is -2.64. The SMILES string of the molecule is COc1cccc(F)c1C1=NCc2cnc(Nc3cccc(C(=O)N4CCC([NH3+])CC4)c3)nc2-c2ccc(Cl)cc21. The van der Waals surface area contributed by atoms with Gasteiger partial charge in [-0.25, -0.2) is 14.4 Å². The monoisotopic (exact) mass is 571 g/mol. The number of amides is 1. The van der Waals surface area contributed by atoms with Crippen molar-refractivity contribution in [2.75, 3.05) is 25.5 Å². The number of anilines is 2. The highest BCUT2D eigenvalue weighted by Crippen LogP contribution is 2.36. The predicted octanol–water partition coefficient (Wildman–Crippen LogP) is 4.89. The van der Waals surface area contributed by atoms with E-state index < -0.39 is 5.82 Å². The van der Waals surface area contributed by atoms with Crippen LogP contribution in [-0.2, 0) is 6.54 Å². The highest BCUT2D eigenvalue weighted by molar-refractivity contribution is 6.31. The van der Waals surface area contributed by atoms with Crippen LogP contribution < -0.4 is 15.8 Å². The molecule has 1 amide bonds. The zero-order valence-electron chi connectivity index (χ0n) is 22.5. The Labute approximate surface area is 242 Å². The van der Waals surface area contributed by atoms with Crippen LogP contribution in [0.4, 0.5) is 16.0 Å². The number of carbonyl (C=O) groups excluding carboxylic acids is 1. The van der Waals surface area contributed by atoms with Crippen LogP contribution in [0, 0.1) is 5.82 Å². The van der Waals surface area contributed by atoms with E-state index in [1.54, 1.807) is 30.5 Å². The molecule has 4 N–H and O–H groups in total. The third-order valence-electron chi connectivity index (χ3n) is 7.46. The maximum absolute atomic E-state index is 15.1. The average Bonchev–Trinajstić information content (AvgIpc) is 3.13. The van der Waals surface area contributed by atoms with Gasteiger partial charge >= 0.3 is 0 Å². The van der Waals surface area contributed by atoms with Gasteiger partial charge in [0.2, 0.25) is 5.95 Å². The second-order valence-electron chi connectivity index (χ2n) is 10.2. The molecular weight excluding hydrogens is 543 g/mol. The van der Waals surface area contributed by atoms with Crippen LogP contribution in [0.3, 0.4) is 0 Å². The van der Waals surface area contributed by atoms with Gasteiger partial charge in [-0.05, 0) is 42.5 Å². The van der Waals surface area contributed by atoms with Crippen molar-refractivity contribution in [3.63, 3.8) is 0 Å². The summed E-state index contributed by atoms with van der Waals surface area (Å²) in [6.45, 7) is 1.67.